The van der Waals surface area contributed by atoms with E-state index in [0.29, 0.717) is 15.4 Å². The molecule has 0 radical (unpaired) electrons. The SMILES string of the molecule is O=C(Nc1ccc(Cl)cc1)c1c(O)c2sccc2oc1=O. The number of halogens is 1. The average molecular weight is 322 g/mol. The summed E-state index contributed by atoms with van der Waals surface area (Å²) < 4.78 is 5.36. The van der Waals surface area contributed by atoms with Gasteiger partial charge in [0.05, 0.1) is 0 Å². The Kier molecular flexibility index (Phi) is 3.40. The molecule has 0 aliphatic rings. The summed E-state index contributed by atoms with van der Waals surface area (Å²) in [5, 5.41) is 14.8. The number of benzene rings is 1. The maximum atomic E-state index is 12.1. The Morgan fingerprint density at radius 2 is 1.95 bits per heavy atom. The second kappa shape index (κ2) is 5.23. The van der Waals surface area contributed by atoms with Gasteiger partial charge in [-0.15, -0.1) is 11.3 Å². The Hall–Kier alpha value is -2.31. The Bertz CT molecular complexity index is 882. The van der Waals surface area contributed by atoms with E-state index in [4.69, 9.17) is 16.0 Å². The summed E-state index contributed by atoms with van der Waals surface area (Å²) >= 11 is 6.93. The second-order valence-corrected chi connectivity index (χ2v) is 5.54. The van der Waals surface area contributed by atoms with Crippen molar-refractivity contribution in [3.05, 3.63) is 56.7 Å². The van der Waals surface area contributed by atoms with Crippen molar-refractivity contribution in [2.75, 3.05) is 5.32 Å². The zero-order valence-electron chi connectivity index (χ0n) is 10.4. The van der Waals surface area contributed by atoms with E-state index < -0.39 is 17.1 Å². The number of thiophene rings is 1. The van der Waals surface area contributed by atoms with Crippen LogP contribution in [0.2, 0.25) is 5.02 Å². The highest BCUT2D eigenvalue weighted by Crippen LogP contribution is 2.31. The van der Waals surface area contributed by atoms with E-state index in [1.54, 1.807) is 35.7 Å². The Balaban J connectivity index is 2.01. The Labute approximate surface area is 127 Å². The van der Waals surface area contributed by atoms with Crippen molar-refractivity contribution in [1.29, 1.82) is 0 Å². The monoisotopic (exact) mass is 321 g/mol. The molecule has 2 heterocycles. The van der Waals surface area contributed by atoms with Crippen LogP contribution in [0.3, 0.4) is 0 Å². The van der Waals surface area contributed by atoms with E-state index in [2.05, 4.69) is 5.32 Å². The fourth-order valence-electron chi connectivity index (χ4n) is 1.84. The lowest BCUT2D eigenvalue weighted by atomic mass is 10.2. The number of nitrogens with one attached hydrogen (secondary N) is 1. The van der Waals surface area contributed by atoms with Gasteiger partial charge in [-0.2, -0.15) is 0 Å². The first-order valence-corrected chi connectivity index (χ1v) is 7.12. The van der Waals surface area contributed by atoms with Crippen molar-refractivity contribution in [3.63, 3.8) is 0 Å². The van der Waals surface area contributed by atoms with E-state index in [0.717, 1.165) is 0 Å². The predicted molar refractivity (Wildman–Crippen MR) is 81.4 cm³/mol. The largest absolute Gasteiger partial charge is 0.505 e. The third-order valence-electron chi connectivity index (χ3n) is 2.82. The molecule has 0 fully saturated rings. The molecule has 21 heavy (non-hydrogen) atoms. The third-order valence-corrected chi connectivity index (χ3v) is 3.97. The van der Waals surface area contributed by atoms with Crippen molar-refractivity contribution in [2.45, 2.75) is 0 Å². The molecule has 2 aromatic heterocycles. The summed E-state index contributed by atoms with van der Waals surface area (Å²) in [6.07, 6.45) is 0. The topological polar surface area (TPSA) is 79.5 Å². The van der Waals surface area contributed by atoms with Crippen LogP contribution in [-0.2, 0) is 0 Å². The summed E-state index contributed by atoms with van der Waals surface area (Å²) in [6.45, 7) is 0. The lowest BCUT2D eigenvalue weighted by molar-refractivity contribution is 0.102. The zero-order chi connectivity index (χ0) is 15.0. The van der Waals surface area contributed by atoms with Gasteiger partial charge >= 0.3 is 5.63 Å². The van der Waals surface area contributed by atoms with Crippen LogP contribution in [-0.4, -0.2) is 11.0 Å². The molecule has 106 valence electrons. The molecule has 3 aromatic rings. The van der Waals surface area contributed by atoms with Gasteiger partial charge in [0.1, 0.15) is 4.70 Å². The smallest absolute Gasteiger partial charge is 0.353 e. The predicted octanol–water partition coefficient (Wildman–Crippen LogP) is 3.47. The van der Waals surface area contributed by atoms with Crippen LogP contribution in [0, 0.1) is 0 Å². The number of amides is 1. The number of hydrogen-bond acceptors (Lipinski definition) is 5. The lowest BCUT2D eigenvalue weighted by Gasteiger charge is -2.06. The van der Waals surface area contributed by atoms with E-state index in [1.165, 1.54) is 11.3 Å². The van der Waals surface area contributed by atoms with Gasteiger partial charge in [-0.3, -0.25) is 4.79 Å². The Morgan fingerprint density at radius 1 is 1.24 bits per heavy atom. The van der Waals surface area contributed by atoms with Gasteiger partial charge in [0.25, 0.3) is 5.91 Å². The minimum absolute atomic E-state index is 0.255. The summed E-state index contributed by atoms with van der Waals surface area (Å²) in [6, 6.07) is 7.93. The number of carbonyl (C=O) groups is 1. The highest BCUT2D eigenvalue weighted by molar-refractivity contribution is 7.17. The van der Waals surface area contributed by atoms with E-state index >= 15 is 0 Å². The molecule has 0 aliphatic heterocycles. The van der Waals surface area contributed by atoms with Gasteiger partial charge in [-0.05, 0) is 35.7 Å². The molecule has 7 heteroatoms. The molecule has 0 unspecified atom stereocenters. The molecule has 5 nitrogen and oxygen atoms in total. The molecule has 0 spiro atoms. The highest BCUT2D eigenvalue weighted by atomic mass is 35.5. The average Bonchev–Trinajstić information content (AvgIpc) is 2.90. The number of hydrogen-bond donors (Lipinski definition) is 2. The van der Waals surface area contributed by atoms with E-state index in [-0.39, 0.29) is 11.3 Å². The molecule has 0 saturated carbocycles. The molecule has 3 rings (SSSR count). The van der Waals surface area contributed by atoms with Crippen LogP contribution in [0.25, 0.3) is 10.3 Å². The molecular weight excluding hydrogens is 314 g/mol. The molecule has 0 bridgehead atoms. The quantitative estimate of drug-likeness (QED) is 0.757. The minimum Gasteiger partial charge on any atom is -0.505 e. The molecule has 0 atom stereocenters. The number of anilines is 1. The van der Waals surface area contributed by atoms with Crippen LogP contribution >= 0.6 is 22.9 Å². The minimum atomic E-state index is -0.884. The highest BCUT2D eigenvalue weighted by Gasteiger charge is 2.21. The van der Waals surface area contributed by atoms with Gasteiger partial charge < -0.3 is 14.8 Å². The van der Waals surface area contributed by atoms with Crippen LogP contribution in [0.5, 0.6) is 5.75 Å². The molecule has 1 aromatic carbocycles. The number of rotatable bonds is 2. The van der Waals surface area contributed by atoms with Crippen molar-refractivity contribution < 1.29 is 14.3 Å². The van der Waals surface area contributed by atoms with Gasteiger partial charge in [0.15, 0.2) is 16.9 Å². The summed E-state index contributed by atoms with van der Waals surface area (Å²) in [7, 11) is 0. The van der Waals surface area contributed by atoms with Crippen LogP contribution < -0.4 is 10.9 Å². The van der Waals surface area contributed by atoms with Crippen LogP contribution in [0.15, 0.2) is 44.9 Å². The fraction of sp³-hybridized carbons (Fsp3) is 0. The first-order chi connectivity index (χ1) is 10.1. The van der Waals surface area contributed by atoms with Gasteiger partial charge in [-0.1, -0.05) is 11.6 Å². The summed E-state index contributed by atoms with van der Waals surface area (Å²) in [4.78, 5) is 24.0. The van der Waals surface area contributed by atoms with Crippen molar-refractivity contribution >= 4 is 44.8 Å². The van der Waals surface area contributed by atoms with Gasteiger partial charge in [0, 0.05) is 10.7 Å². The zero-order valence-corrected chi connectivity index (χ0v) is 12.0. The number of carbonyl (C=O) groups excluding carboxylic acids is 1. The molecular formula is C14H8ClNO4S. The maximum absolute atomic E-state index is 12.1. The first kappa shape index (κ1) is 13.7. The first-order valence-electron chi connectivity index (χ1n) is 5.86. The van der Waals surface area contributed by atoms with Gasteiger partial charge in [-0.25, -0.2) is 4.79 Å². The molecule has 0 saturated heterocycles. The summed E-state index contributed by atoms with van der Waals surface area (Å²) in [5.74, 6) is -1.11. The second-order valence-electron chi connectivity index (χ2n) is 4.19. The van der Waals surface area contributed by atoms with Crippen LogP contribution in [0.4, 0.5) is 5.69 Å². The van der Waals surface area contributed by atoms with Crippen molar-refractivity contribution in [3.8, 4) is 5.75 Å². The fourth-order valence-corrected chi connectivity index (χ4v) is 2.73. The maximum Gasteiger partial charge on any atom is 0.353 e. The molecule has 2 N–H and O–H groups in total. The molecule has 1 amide bonds. The number of aromatic hydroxyl groups is 1. The van der Waals surface area contributed by atoms with Gasteiger partial charge in [0.2, 0.25) is 0 Å². The Morgan fingerprint density at radius 3 is 2.67 bits per heavy atom. The van der Waals surface area contributed by atoms with Crippen LogP contribution in [0.1, 0.15) is 10.4 Å². The number of fused-ring (bicyclic) bond motifs is 1. The van der Waals surface area contributed by atoms with Crippen molar-refractivity contribution in [1.82, 2.24) is 0 Å². The van der Waals surface area contributed by atoms with Crippen molar-refractivity contribution in [2.24, 2.45) is 0 Å². The van der Waals surface area contributed by atoms with E-state index in [1.807, 2.05) is 0 Å². The third kappa shape index (κ3) is 2.51. The lowest BCUT2D eigenvalue weighted by Crippen LogP contribution is -2.20. The standard InChI is InChI=1S/C14H8ClNO4S/c15-7-1-3-8(4-2-7)16-13(18)10-11(17)12-9(5-6-21-12)20-14(10)19/h1-6,17H,(H,16,18). The van der Waals surface area contributed by atoms with E-state index in [9.17, 15) is 14.7 Å². The molecule has 0 aliphatic carbocycles. The normalized spacial score (nSPS) is 10.7. The summed E-state index contributed by atoms with van der Waals surface area (Å²) in [5.41, 5.74) is -0.593.